The maximum atomic E-state index is 13.7. The van der Waals surface area contributed by atoms with Crippen LogP contribution in [-0.4, -0.2) is 89.1 Å². The summed E-state index contributed by atoms with van der Waals surface area (Å²) in [7, 11) is 0. The van der Waals surface area contributed by atoms with E-state index >= 15 is 0 Å². The summed E-state index contributed by atoms with van der Waals surface area (Å²) in [4.78, 5) is 103. The molecule has 1 aromatic rings. The summed E-state index contributed by atoms with van der Waals surface area (Å²) in [5.41, 5.74) is 11.2. The number of rotatable bonds is 9. The van der Waals surface area contributed by atoms with Gasteiger partial charge in [0.1, 0.15) is 29.9 Å². The van der Waals surface area contributed by atoms with E-state index in [1.807, 2.05) is 0 Å². The topological polar surface area (TPSA) is 281 Å². The molecule has 48 heavy (non-hydrogen) atoms. The van der Waals surface area contributed by atoms with Gasteiger partial charge in [-0.3, -0.25) is 38.4 Å². The van der Waals surface area contributed by atoms with Crippen LogP contribution in [0.1, 0.15) is 64.9 Å². The van der Waals surface area contributed by atoms with Gasteiger partial charge in [-0.25, -0.2) is 0 Å². The number of carbonyl (C=O) groups excluding carboxylic acids is 8. The predicted octanol–water partition coefficient (Wildman–Crippen LogP) is -2.52. The number of phenolic OH excluding ortho intramolecular Hbond substituents is 1. The molecule has 0 aliphatic carbocycles. The van der Waals surface area contributed by atoms with E-state index in [-0.39, 0.29) is 37.9 Å². The fraction of sp³-hybridized carbons (Fsp3) is 0.548. The maximum absolute atomic E-state index is 13.7. The molecule has 1 aliphatic heterocycles. The van der Waals surface area contributed by atoms with Crippen LogP contribution in [0.25, 0.3) is 0 Å². The van der Waals surface area contributed by atoms with E-state index in [0.717, 1.165) is 0 Å². The van der Waals surface area contributed by atoms with E-state index in [1.165, 1.54) is 12.1 Å². The normalized spacial score (nSPS) is 24.4. The van der Waals surface area contributed by atoms with Crippen LogP contribution in [0.5, 0.6) is 5.75 Å². The molecule has 8 amide bonds. The van der Waals surface area contributed by atoms with Crippen LogP contribution in [0.3, 0.4) is 0 Å². The number of primary amides is 2. The summed E-state index contributed by atoms with van der Waals surface area (Å²) in [5, 5.41) is 24.9. The summed E-state index contributed by atoms with van der Waals surface area (Å²) in [6, 6.07) is -0.0230. The lowest BCUT2D eigenvalue weighted by Gasteiger charge is -2.29. The Balaban J connectivity index is 2.50. The number of phenols is 1. The molecule has 2 rings (SSSR count). The Hall–Kier alpha value is -5.22. The zero-order valence-corrected chi connectivity index (χ0v) is 27.3. The van der Waals surface area contributed by atoms with E-state index in [9.17, 15) is 43.5 Å². The molecule has 0 bridgehead atoms. The van der Waals surface area contributed by atoms with Gasteiger partial charge in [-0.2, -0.15) is 0 Å². The van der Waals surface area contributed by atoms with Crippen molar-refractivity contribution in [2.24, 2.45) is 17.4 Å². The van der Waals surface area contributed by atoms with Crippen molar-refractivity contribution in [2.75, 3.05) is 6.54 Å². The number of amides is 8. The van der Waals surface area contributed by atoms with E-state index in [1.54, 1.807) is 32.9 Å². The molecule has 1 aromatic carbocycles. The van der Waals surface area contributed by atoms with Crippen LogP contribution in [0, 0.1) is 5.92 Å². The van der Waals surface area contributed by atoms with Crippen molar-refractivity contribution in [3.8, 4) is 5.75 Å². The Morgan fingerprint density at radius 3 is 2.02 bits per heavy atom. The van der Waals surface area contributed by atoms with Gasteiger partial charge in [-0.05, 0) is 43.4 Å². The Bertz CT molecular complexity index is 1350. The van der Waals surface area contributed by atoms with Gasteiger partial charge in [0.15, 0.2) is 0 Å². The molecule has 1 fully saturated rings. The summed E-state index contributed by atoms with van der Waals surface area (Å²) in [6.45, 7) is 4.57. The zero-order valence-electron chi connectivity index (χ0n) is 27.3. The quantitative estimate of drug-likeness (QED) is 0.133. The van der Waals surface area contributed by atoms with Gasteiger partial charge < -0.3 is 48.5 Å². The van der Waals surface area contributed by atoms with Gasteiger partial charge in [0.05, 0.1) is 13.0 Å². The first-order valence-electron chi connectivity index (χ1n) is 15.7. The van der Waals surface area contributed by atoms with Crippen molar-refractivity contribution in [2.45, 2.75) is 95.9 Å². The molecule has 17 heteroatoms. The molecule has 0 spiro atoms. The predicted molar refractivity (Wildman–Crippen MR) is 171 cm³/mol. The van der Waals surface area contributed by atoms with Gasteiger partial charge in [-0.15, -0.1) is 0 Å². The van der Waals surface area contributed by atoms with Crippen LogP contribution in [0.4, 0.5) is 0 Å². The monoisotopic (exact) mass is 674 g/mol. The van der Waals surface area contributed by atoms with Crippen molar-refractivity contribution in [1.29, 1.82) is 0 Å². The molecule has 1 heterocycles. The van der Waals surface area contributed by atoms with Crippen molar-refractivity contribution < 1.29 is 43.5 Å². The lowest BCUT2D eigenvalue weighted by atomic mass is 9.96. The molecule has 0 saturated carbocycles. The van der Waals surface area contributed by atoms with Crippen LogP contribution in [-0.2, 0) is 44.8 Å². The number of benzene rings is 1. The van der Waals surface area contributed by atoms with E-state index < -0.39 is 96.4 Å². The molecule has 11 N–H and O–H groups in total. The third-order valence-corrected chi connectivity index (χ3v) is 7.81. The van der Waals surface area contributed by atoms with Crippen LogP contribution >= 0.6 is 0 Å². The summed E-state index contributed by atoms with van der Waals surface area (Å²) in [6.07, 6.45) is -0.813. The molecule has 17 nitrogen and oxygen atoms in total. The lowest BCUT2D eigenvalue weighted by Crippen LogP contribution is -2.60. The number of aromatic hydroxyl groups is 1. The highest BCUT2D eigenvalue weighted by atomic mass is 16.3. The highest BCUT2D eigenvalue weighted by Crippen LogP contribution is 2.14. The van der Waals surface area contributed by atoms with Crippen molar-refractivity contribution in [3.63, 3.8) is 0 Å². The van der Waals surface area contributed by atoms with Crippen molar-refractivity contribution >= 4 is 47.3 Å². The molecule has 0 radical (unpaired) electrons. The third kappa shape index (κ3) is 13.3. The standard InChI is InChI=1S/C31H46N8O9/c1-4-16(2)27-31(48)37-20(10-11-23(32)41)28(45)38-22(14-24(33)42)29(46)35-17(3)5-12-25(43)34-15-26(44)36-21(30(47)39-27)13-18-6-8-19(40)9-7-18/h6-9,16-17,20-22,27,40H,4-5,10-15H2,1-3H3,(H2,32,41)(H2,33,42)(H,34,43)(H,35,46)(H,36,44)(H,37,48)(H,38,45)(H,39,47)/t16-,17+,20-,21-,22-,27-/m0/s1. The average molecular weight is 675 g/mol. The number of nitrogens with two attached hydrogens (primary N) is 2. The molecule has 6 atom stereocenters. The largest absolute Gasteiger partial charge is 0.508 e. The summed E-state index contributed by atoms with van der Waals surface area (Å²) in [5.74, 6) is -6.65. The van der Waals surface area contributed by atoms with E-state index in [0.29, 0.717) is 12.0 Å². The first-order chi connectivity index (χ1) is 22.6. The van der Waals surface area contributed by atoms with E-state index in [2.05, 4.69) is 31.9 Å². The van der Waals surface area contributed by atoms with Crippen LogP contribution in [0.15, 0.2) is 24.3 Å². The van der Waals surface area contributed by atoms with Crippen molar-refractivity contribution in [3.05, 3.63) is 29.8 Å². The van der Waals surface area contributed by atoms with Gasteiger partial charge >= 0.3 is 0 Å². The van der Waals surface area contributed by atoms with Crippen LogP contribution in [0.2, 0.25) is 0 Å². The number of hydrogen-bond donors (Lipinski definition) is 9. The number of carbonyl (C=O) groups is 8. The Morgan fingerprint density at radius 2 is 1.42 bits per heavy atom. The highest BCUT2D eigenvalue weighted by Gasteiger charge is 2.34. The second-order valence-corrected chi connectivity index (χ2v) is 11.9. The highest BCUT2D eigenvalue weighted by molar-refractivity contribution is 5.97. The molecule has 264 valence electrons. The zero-order chi connectivity index (χ0) is 36.0. The second-order valence-electron chi connectivity index (χ2n) is 11.9. The summed E-state index contributed by atoms with van der Waals surface area (Å²) >= 11 is 0. The van der Waals surface area contributed by atoms with Crippen LogP contribution < -0.4 is 43.4 Å². The fourth-order valence-corrected chi connectivity index (χ4v) is 4.81. The average Bonchev–Trinajstić information content (AvgIpc) is 3.02. The minimum atomic E-state index is -1.46. The third-order valence-electron chi connectivity index (χ3n) is 7.81. The Morgan fingerprint density at radius 1 is 0.812 bits per heavy atom. The molecule has 0 unspecified atom stereocenters. The lowest BCUT2D eigenvalue weighted by molar-refractivity contribution is -0.136. The molecular formula is C31H46N8O9. The molecule has 1 aliphatic rings. The maximum Gasteiger partial charge on any atom is 0.243 e. The van der Waals surface area contributed by atoms with E-state index in [4.69, 9.17) is 11.5 Å². The Kier molecular flexibility index (Phi) is 15.3. The smallest absolute Gasteiger partial charge is 0.243 e. The van der Waals surface area contributed by atoms with Gasteiger partial charge in [0, 0.05) is 25.3 Å². The molecular weight excluding hydrogens is 628 g/mol. The minimum absolute atomic E-state index is 0.00979. The fourth-order valence-electron chi connectivity index (χ4n) is 4.81. The van der Waals surface area contributed by atoms with Crippen molar-refractivity contribution in [1.82, 2.24) is 31.9 Å². The second kappa shape index (κ2) is 18.8. The first-order valence-corrected chi connectivity index (χ1v) is 15.7. The summed E-state index contributed by atoms with van der Waals surface area (Å²) < 4.78 is 0. The Labute approximate surface area is 278 Å². The van der Waals surface area contributed by atoms with Gasteiger partial charge in [-0.1, -0.05) is 32.4 Å². The number of hydrogen-bond acceptors (Lipinski definition) is 9. The number of nitrogens with one attached hydrogen (secondary N) is 6. The SMILES string of the molecule is CC[C@H](C)[C@@H]1NC(=O)[C@H](Cc2ccc(O)cc2)NC(=O)CNC(=O)CC[C@@H](C)NC(=O)[C@H](CC(N)=O)NC(=O)[C@H](CCC(N)=O)NC1=O. The molecule has 0 aromatic heterocycles. The first kappa shape index (κ1) is 39.0. The van der Waals surface area contributed by atoms with Gasteiger partial charge in [0.25, 0.3) is 0 Å². The van der Waals surface area contributed by atoms with Gasteiger partial charge in [0.2, 0.25) is 47.3 Å². The molecule has 1 saturated heterocycles. The minimum Gasteiger partial charge on any atom is -0.508 e.